The van der Waals surface area contributed by atoms with Crippen molar-refractivity contribution in [3.05, 3.63) is 37.7 Å². The van der Waals surface area contributed by atoms with Crippen molar-refractivity contribution in [1.29, 1.82) is 0 Å². The maximum absolute atomic E-state index is 13.4. The first-order valence-electron chi connectivity index (χ1n) is 7.22. The summed E-state index contributed by atoms with van der Waals surface area (Å²) in [6, 6.07) is -0.887. The predicted molar refractivity (Wildman–Crippen MR) is 86.5 cm³/mol. The Hall–Kier alpha value is -1.94. The first-order valence-corrected chi connectivity index (χ1v) is 8.48. The third-order valence-electron chi connectivity index (χ3n) is 3.91. The summed E-state index contributed by atoms with van der Waals surface area (Å²) in [5.41, 5.74) is 1.35. The maximum Gasteiger partial charge on any atom is 0.408 e. The van der Waals surface area contributed by atoms with Gasteiger partial charge in [0, 0.05) is 12.6 Å². The minimum Gasteiger partial charge on any atom is -0.322 e. The third-order valence-corrected chi connectivity index (χ3v) is 5.07. The molecule has 0 bridgehead atoms. The lowest BCUT2D eigenvalue weighted by Gasteiger charge is -2.38. The lowest BCUT2D eigenvalue weighted by molar-refractivity contribution is -0.152. The van der Waals surface area contributed by atoms with Crippen molar-refractivity contribution in [2.45, 2.75) is 32.1 Å². The van der Waals surface area contributed by atoms with Crippen LogP contribution in [-0.4, -0.2) is 39.1 Å². The monoisotopic (exact) mass is 392 g/mol. The molecule has 1 aliphatic heterocycles. The number of rotatable bonds is 3. The fraction of sp³-hybridized carbons (Fsp3) is 0.429. The van der Waals surface area contributed by atoms with Gasteiger partial charge in [-0.2, -0.15) is 13.2 Å². The molecule has 0 saturated carbocycles. The molecule has 6 nitrogen and oxygen atoms in total. The molecule has 2 aromatic rings. The molecule has 11 heteroatoms. The van der Waals surface area contributed by atoms with Gasteiger partial charge < -0.3 is 4.90 Å². The normalized spacial score (nSPS) is 17.5. The van der Waals surface area contributed by atoms with Gasteiger partial charge in [-0.25, -0.2) is 9.97 Å². The minimum atomic E-state index is -4.58. The Balaban J connectivity index is 2.04. The number of anilines is 1. The Morgan fingerprint density at radius 1 is 1.48 bits per heavy atom. The van der Waals surface area contributed by atoms with Gasteiger partial charge in [0.25, 0.3) is 5.56 Å². The molecule has 0 N–H and O–H groups in total. The lowest BCUT2D eigenvalue weighted by Crippen LogP contribution is -2.54. The molecule has 3 heterocycles. The molecule has 3 rings (SSSR count). The zero-order valence-electron chi connectivity index (χ0n) is 12.9. The number of halogens is 4. The van der Waals surface area contributed by atoms with E-state index in [1.54, 1.807) is 6.92 Å². The molecule has 0 radical (unpaired) electrons. The summed E-state index contributed by atoms with van der Waals surface area (Å²) in [7, 11) is 0. The number of aryl methyl sites for hydroxylation is 1. The van der Waals surface area contributed by atoms with Crippen molar-refractivity contribution in [3.8, 4) is 0 Å². The van der Waals surface area contributed by atoms with E-state index in [-0.39, 0.29) is 28.9 Å². The van der Waals surface area contributed by atoms with Crippen molar-refractivity contribution in [2.24, 2.45) is 0 Å². The van der Waals surface area contributed by atoms with Crippen molar-refractivity contribution in [3.63, 3.8) is 0 Å². The highest BCUT2D eigenvalue weighted by Gasteiger charge is 2.47. The highest BCUT2D eigenvalue weighted by atomic mass is 35.5. The van der Waals surface area contributed by atoms with Crippen LogP contribution in [0.1, 0.15) is 21.8 Å². The SMILES string of the molecule is Cc1ncsc1C(=O)CN1c2nc(Cl)cc(=O)n2CCC1C(F)(F)F. The predicted octanol–water partition coefficient (Wildman–Crippen LogP) is 2.69. The number of ketones is 1. The van der Waals surface area contributed by atoms with Crippen LogP contribution >= 0.6 is 22.9 Å². The van der Waals surface area contributed by atoms with Crippen LogP contribution < -0.4 is 10.5 Å². The number of carbonyl (C=O) groups excluding carboxylic acids is 1. The summed E-state index contributed by atoms with van der Waals surface area (Å²) in [6.45, 7) is 0.890. The molecular weight excluding hydrogens is 381 g/mol. The van der Waals surface area contributed by atoms with Crippen LogP contribution in [-0.2, 0) is 6.54 Å². The second kappa shape index (κ2) is 6.41. The van der Waals surface area contributed by atoms with Crippen molar-refractivity contribution in [1.82, 2.24) is 14.5 Å². The average molecular weight is 393 g/mol. The largest absolute Gasteiger partial charge is 0.408 e. The lowest BCUT2D eigenvalue weighted by atomic mass is 10.1. The fourth-order valence-electron chi connectivity index (χ4n) is 2.76. The second-order valence-corrected chi connectivity index (χ2v) is 6.77. The van der Waals surface area contributed by atoms with E-state index in [1.165, 1.54) is 5.51 Å². The Bertz CT molecular complexity index is 880. The van der Waals surface area contributed by atoms with Crippen LogP contribution in [0.3, 0.4) is 0 Å². The summed E-state index contributed by atoms with van der Waals surface area (Å²) in [5, 5.41) is -0.217. The summed E-state index contributed by atoms with van der Waals surface area (Å²) < 4.78 is 41.4. The van der Waals surface area contributed by atoms with E-state index in [9.17, 15) is 22.8 Å². The summed E-state index contributed by atoms with van der Waals surface area (Å²) in [6.07, 6.45) is -4.93. The topological polar surface area (TPSA) is 68.1 Å². The highest BCUT2D eigenvalue weighted by molar-refractivity contribution is 7.12. The van der Waals surface area contributed by atoms with Crippen LogP contribution in [0, 0.1) is 6.92 Å². The molecule has 2 aromatic heterocycles. The first-order chi connectivity index (χ1) is 11.7. The van der Waals surface area contributed by atoms with Gasteiger partial charge in [0.2, 0.25) is 5.95 Å². The first kappa shape index (κ1) is 17.9. The molecule has 1 unspecified atom stereocenters. The second-order valence-electron chi connectivity index (χ2n) is 5.53. The number of thiazole rings is 1. The van der Waals surface area contributed by atoms with Gasteiger partial charge >= 0.3 is 6.18 Å². The van der Waals surface area contributed by atoms with Gasteiger partial charge in [-0.15, -0.1) is 11.3 Å². The molecule has 134 valence electrons. The number of aromatic nitrogens is 3. The molecule has 0 amide bonds. The average Bonchev–Trinajstić information content (AvgIpc) is 2.92. The summed E-state index contributed by atoms with van der Waals surface area (Å²) in [4.78, 5) is 33.3. The highest BCUT2D eigenvalue weighted by Crippen LogP contribution is 2.34. The molecule has 0 saturated heterocycles. The minimum absolute atomic E-state index is 0.146. The number of alkyl halides is 3. The van der Waals surface area contributed by atoms with Crippen LogP contribution in [0.25, 0.3) is 0 Å². The van der Waals surface area contributed by atoms with Gasteiger partial charge in [0.1, 0.15) is 11.2 Å². The molecule has 1 atom stereocenters. The smallest absolute Gasteiger partial charge is 0.322 e. The van der Waals surface area contributed by atoms with E-state index in [2.05, 4.69) is 9.97 Å². The Kier molecular flexibility index (Phi) is 4.58. The quantitative estimate of drug-likeness (QED) is 0.593. The van der Waals surface area contributed by atoms with Crippen LogP contribution in [0.2, 0.25) is 5.15 Å². The molecular formula is C14H12ClF3N4O2S. The van der Waals surface area contributed by atoms with Gasteiger partial charge in [-0.1, -0.05) is 11.6 Å². The summed E-state index contributed by atoms with van der Waals surface area (Å²) >= 11 is 6.80. The van der Waals surface area contributed by atoms with Gasteiger partial charge in [-0.3, -0.25) is 14.2 Å². The van der Waals surface area contributed by atoms with Crippen molar-refractivity contribution >= 4 is 34.7 Å². The van der Waals surface area contributed by atoms with Crippen LogP contribution in [0.4, 0.5) is 19.1 Å². The van der Waals surface area contributed by atoms with E-state index in [4.69, 9.17) is 11.6 Å². The summed E-state index contributed by atoms with van der Waals surface area (Å²) in [5.74, 6) is -0.765. The number of carbonyl (C=O) groups is 1. The molecule has 25 heavy (non-hydrogen) atoms. The molecule has 1 aliphatic rings. The number of hydrogen-bond donors (Lipinski definition) is 0. The molecule has 0 fully saturated rings. The Morgan fingerprint density at radius 2 is 2.20 bits per heavy atom. The molecule has 0 aliphatic carbocycles. The number of fused-ring (bicyclic) bond motifs is 1. The van der Waals surface area contributed by atoms with Crippen molar-refractivity contribution < 1.29 is 18.0 Å². The van der Waals surface area contributed by atoms with Gasteiger partial charge in [0.15, 0.2) is 5.78 Å². The van der Waals surface area contributed by atoms with Crippen LogP contribution in [0.15, 0.2) is 16.4 Å². The fourth-order valence-corrected chi connectivity index (χ4v) is 3.66. The van der Waals surface area contributed by atoms with E-state index in [0.717, 1.165) is 26.9 Å². The number of hydrogen-bond acceptors (Lipinski definition) is 6. The Morgan fingerprint density at radius 3 is 2.80 bits per heavy atom. The number of Topliss-reactive ketones (excluding diaryl/α,β-unsaturated/α-hetero) is 1. The van der Waals surface area contributed by atoms with E-state index in [0.29, 0.717) is 5.69 Å². The van der Waals surface area contributed by atoms with Crippen molar-refractivity contribution in [2.75, 3.05) is 11.4 Å². The maximum atomic E-state index is 13.4. The van der Waals surface area contributed by atoms with E-state index < -0.39 is 30.1 Å². The zero-order chi connectivity index (χ0) is 18.4. The standard InChI is InChI=1S/C14H12ClF3N4O2S/c1-7-12(25-6-19-7)8(23)5-22-9(14(16,17)18)2-3-21-11(24)4-10(15)20-13(21)22/h4,6,9H,2-3,5H2,1H3. The van der Waals surface area contributed by atoms with Gasteiger partial charge in [0.05, 0.1) is 22.6 Å². The van der Waals surface area contributed by atoms with E-state index in [1.807, 2.05) is 0 Å². The zero-order valence-corrected chi connectivity index (χ0v) is 14.5. The number of nitrogens with zero attached hydrogens (tertiary/aromatic N) is 4. The molecule has 0 aromatic carbocycles. The van der Waals surface area contributed by atoms with E-state index >= 15 is 0 Å². The van der Waals surface area contributed by atoms with Crippen LogP contribution in [0.5, 0.6) is 0 Å². The Labute approximate surface area is 148 Å². The third kappa shape index (κ3) is 3.40. The van der Waals surface area contributed by atoms with Gasteiger partial charge in [-0.05, 0) is 13.3 Å². The molecule has 0 spiro atoms.